The molecule has 7 nitrogen and oxygen atoms in total. The lowest BCUT2D eigenvalue weighted by molar-refractivity contribution is -0.192. The van der Waals surface area contributed by atoms with Crippen LogP contribution in [-0.2, 0) is 14.4 Å². The summed E-state index contributed by atoms with van der Waals surface area (Å²) >= 11 is 0. The molecule has 4 N–H and O–H groups in total. The van der Waals surface area contributed by atoms with Gasteiger partial charge in [-0.3, -0.25) is 9.59 Å². The fourth-order valence-corrected chi connectivity index (χ4v) is 0.714. The molecule has 0 radical (unpaired) electrons. The lowest BCUT2D eigenvalue weighted by Gasteiger charge is -2.17. The Kier molecular flexibility index (Phi) is 6.99. The quantitative estimate of drug-likeness (QED) is 0.581. The van der Waals surface area contributed by atoms with Gasteiger partial charge in [0.05, 0.1) is 18.4 Å². The molecule has 10 heteroatoms. The van der Waals surface area contributed by atoms with Crippen LogP contribution in [0.5, 0.6) is 0 Å². The van der Waals surface area contributed by atoms with Gasteiger partial charge in [0.25, 0.3) is 0 Å². The molecule has 0 spiro atoms. The van der Waals surface area contributed by atoms with E-state index in [0.29, 0.717) is 0 Å². The average Bonchev–Trinajstić information content (AvgIpc) is 1.96. The number of aliphatic carboxylic acids is 3. The van der Waals surface area contributed by atoms with Crippen molar-refractivity contribution in [3.05, 3.63) is 0 Å². The Bertz CT molecular complexity index is 303. The molecule has 0 aliphatic carbocycles. The molecule has 0 amide bonds. The highest BCUT2D eigenvalue weighted by molar-refractivity contribution is 5.73. The molecule has 0 aliphatic heterocycles. The summed E-state index contributed by atoms with van der Waals surface area (Å²) < 4.78 is 31.7. The zero-order valence-corrected chi connectivity index (χ0v) is 9.06. The van der Waals surface area contributed by atoms with Crippen LogP contribution in [0.15, 0.2) is 0 Å². The van der Waals surface area contributed by atoms with Gasteiger partial charge in [-0.1, -0.05) is 0 Å². The minimum Gasteiger partial charge on any atom is -0.481 e. The van der Waals surface area contributed by atoms with E-state index in [4.69, 9.17) is 25.2 Å². The largest absolute Gasteiger partial charge is 0.490 e. The number of aliphatic hydroxyl groups is 1. The molecular weight excluding hydrogens is 265 g/mol. The number of carboxylic acids is 3. The van der Waals surface area contributed by atoms with Crippen LogP contribution in [0.2, 0.25) is 0 Å². The fraction of sp³-hybridized carbons (Fsp3) is 0.625. The molecule has 0 unspecified atom stereocenters. The van der Waals surface area contributed by atoms with E-state index in [1.54, 1.807) is 0 Å². The predicted molar refractivity (Wildman–Crippen MR) is 48.8 cm³/mol. The van der Waals surface area contributed by atoms with Gasteiger partial charge in [-0.2, -0.15) is 13.2 Å². The minimum absolute atomic E-state index is 0.556. The molecule has 0 saturated heterocycles. The predicted octanol–water partition coefficient (Wildman–Crippen LogP) is 0.320. The fourth-order valence-electron chi connectivity index (χ4n) is 0.714. The Morgan fingerprint density at radius 1 is 0.944 bits per heavy atom. The minimum atomic E-state index is -5.08. The first-order chi connectivity index (χ1) is 7.78. The maximum atomic E-state index is 10.6. The van der Waals surface area contributed by atoms with Gasteiger partial charge in [0.15, 0.2) is 0 Å². The van der Waals surface area contributed by atoms with Crippen molar-refractivity contribution in [2.75, 3.05) is 0 Å². The van der Waals surface area contributed by atoms with Crippen molar-refractivity contribution in [3.8, 4) is 0 Å². The smallest absolute Gasteiger partial charge is 0.481 e. The second-order valence-corrected chi connectivity index (χ2v) is 3.44. The number of hydrogen-bond donors (Lipinski definition) is 4. The molecule has 0 aliphatic rings. The van der Waals surface area contributed by atoms with Gasteiger partial charge in [-0.05, 0) is 6.92 Å². The Labute approximate surface area is 98.5 Å². The first-order valence-corrected chi connectivity index (χ1v) is 4.24. The van der Waals surface area contributed by atoms with E-state index in [1.165, 1.54) is 6.92 Å². The second-order valence-electron chi connectivity index (χ2n) is 3.44. The molecule has 0 atom stereocenters. The van der Waals surface area contributed by atoms with Gasteiger partial charge in [0, 0.05) is 0 Å². The van der Waals surface area contributed by atoms with Gasteiger partial charge in [0.2, 0.25) is 0 Å². The van der Waals surface area contributed by atoms with Crippen LogP contribution in [-0.4, -0.2) is 50.1 Å². The van der Waals surface area contributed by atoms with Gasteiger partial charge in [-0.15, -0.1) is 0 Å². The third-order valence-electron chi connectivity index (χ3n) is 1.31. The summed E-state index contributed by atoms with van der Waals surface area (Å²) in [7, 11) is 0. The molecule has 106 valence electrons. The van der Waals surface area contributed by atoms with Gasteiger partial charge >= 0.3 is 24.1 Å². The zero-order valence-electron chi connectivity index (χ0n) is 9.06. The standard InChI is InChI=1S/C6H10O5.C2HF3O2/c1-6(11,2-4(7)8)3-5(9)10;3-2(4,5)1(6)7/h11H,2-3H2,1H3,(H,7,8)(H,9,10);(H,6,7). The van der Waals surface area contributed by atoms with Crippen molar-refractivity contribution in [3.63, 3.8) is 0 Å². The summed E-state index contributed by atoms with van der Waals surface area (Å²) in [5.41, 5.74) is -1.66. The SMILES string of the molecule is CC(O)(CC(=O)O)CC(=O)O.O=C(O)C(F)(F)F. The molecule has 0 bridgehead atoms. The van der Waals surface area contributed by atoms with Crippen molar-refractivity contribution < 1.29 is 48.0 Å². The number of rotatable bonds is 4. The Hall–Kier alpha value is -1.84. The van der Waals surface area contributed by atoms with Crippen LogP contribution in [0.1, 0.15) is 19.8 Å². The molecule has 18 heavy (non-hydrogen) atoms. The molecule has 0 heterocycles. The highest BCUT2D eigenvalue weighted by Crippen LogP contribution is 2.13. The van der Waals surface area contributed by atoms with E-state index >= 15 is 0 Å². The molecule has 0 rings (SSSR count). The van der Waals surface area contributed by atoms with E-state index in [1.807, 2.05) is 0 Å². The number of halogens is 3. The van der Waals surface area contributed by atoms with Gasteiger partial charge < -0.3 is 20.4 Å². The van der Waals surface area contributed by atoms with Crippen molar-refractivity contribution in [2.45, 2.75) is 31.5 Å². The van der Waals surface area contributed by atoms with Crippen molar-refractivity contribution >= 4 is 17.9 Å². The third kappa shape index (κ3) is 12.2. The zero-order chi connectivity index (χ0) is 15.1. The molecule has 0 aromatic carbocycles. The molecule has 0 aromatic rings. The number of alkyl halides is 3. The van der Waals surface area contributed by atoms with Gasteiger partial charge in [-0.25, -0.2) is 4.79 Å². The van der Waals surface area contributed by atoms with E-state index in [0.717, 1.165) is 0 Å². The second kappa shape index (κ2) is 6.79. The number of carboxylic acid groups (broad SMARTS) is 3. The lowest BCUT2D eigenvalue weighted by Crippen LogP contribution is -2.30. The number of carbonyl (C=O) groups is 3. The monoisotopic (exact) mass is 276 g/mol. The molecule has 0 saturated carbocycles. The first-order valence-electron chi connectivity index (χ1n) is 4.24. The highest BCUT2D eigenvalue weighted by atomic mass is 19.4. The maximum absolute atomic E-state index is 10.6. The van der Waals surface area contributed by atoms with Crippen LogP contribution in [0.25, 0.3) is 0 Å². The topological polar surface area (TPSA) is 132 Å². The van der Waals surface area contributed by atoms with E-state index in [-0.39, 0.29) is 0 Å². The first kappa shape index (κ1) is 18.5. The van der Waals surface area contributed by atoms with Crippen molar-refractivity contribution in [1.82, 2.24) is 0 Å². The lowest BCUT2D eigenvalue weighted by atomic mass is 9.99. The van der Waals surface area contributed by atoms with E-state index in [2.05, 4.69) is 0 Å². The molecule has 0 fully saturated rings. The van der Waals surface area contributed by atoms with Gasteiger partial charge in [0.1, 0.15) is 0 Å². The van der Waals surface area contributed by atoms with Crippen LogP contribution >= 0.6 is 0 Å². The van der Waals surface area contributed by atoms with Crippen molar-refractivity contribution in [1.29, 1.82) is 0 Å². The summed E-state index contributed by atoms with van der Waals surface area (Å²) in [5, 5.41) is 32.6. The third-order valence-corrected chi connectivity index (χ3v) is 1.31. The molecular formula is C8H11F3O7. The normalized spacial score (nSPS) is 11.2. The van der Waals surface area contributed by atoms with E-state index in [9.17, 15) is 22.8 Å². The summed E-state index contributed by atoms with van der Waals surface area (Å²) in [6.45, 7) is 1.18. The summed E-state index contributed by atoms with van der Waals surface area (Å²) in [6.07, 6.45) is -6.20. The van der Waals surface area contributed by atoms with Crippen LogP contribution in [0, 0.1) is 0 Å². The van der Waals surface area contributed by atoms with E-state index < -0.39 is 42.5 Å². The summed E-state index contributed by atoms with van der Waals surface area (Å²) in [4.78, 5) is 29.0. The number of hydrogen-bond acceptors (Lipinski definition) is 4. The van der Waals surface area contributed by atoms with Crippen LogP contribution in [0.3, 0.4) is 0 Å². The maximum Gasteiger partial charge on any atom is 0.490 e. The summed E-state index contributed by atoms with van der Waals surface area (Å²) in [6, 6.07) is 0. The average molecular weight is 276 g/mol. The highest BCUT2D eigenvalue weighted by Gasteiger charge is 2.38. The van der Waals surface area contributed by atoms with Crippen molar-refractivity contribution in [2.24, 2.45) is 0 Å². The molecule has 0 aromatic heterocycles. The van der Waals surface area contributed by atoms with Crippen LogP contribution < -0.4 is 0 Å². The summed E-state index contributed by atoms with van der Waals surface area (Å²) in [5.74, 6) is -5.18. The Balaban J connectivity index is 0. The Morgan fingerprint density at radius 2 is 1.17 bits per heavy atom. The van der Waals surface area contributed by atoms with Crippen LogP contribution in [0.4, 0.5) is 13.2 Å². The Morgan fingerprint density at radius 3 is 1.28 bits per heavy atom.